The minimum Gasteiger partial charge on any atom is -0.467 e. The van der Waals surface area contributed by atoms with Crippen LogP contribution in [-0.2, 0) is 11.3 Å². The van der Waals surface area contributed by atoms with Crippen LogP contribution in [0.1, 0.15) is 16.1 Å². The molecule has 0 saturated heterocycles. The van der Waals surface area contributed by atoms with Gasteiger partial charge >= 0.3 is 0 Å². The van der Waals surface area contributed by atoms with E-state index in [2.05, 4.69) is 5.32 Å². The SMILES string of the molecule is NC(=O)c1ccc(SCC(=O)NCc2ccco2)c([N+](=O)[O-])c1. The summed E-state index contributed by atoms with van der Waals surface area (Å²) >= 11 is 1.00. The van der Waals surface area contributed by atoms with Gasteiger partial charge in [0.25, 0.3) is 5.69 Å². The summed E-state index contributed by atoms with van der Waals surface area (Å²) in [4.78, 5) is 33.5. The summed E-state index contributed by atoms with van der Waals surface area (Å²) < 4.78 is 5.08. The van der Waals surface area contributed by atoms with Gasteiger partial charge in [-0.05, 0) is 24.3 Å². The van der Waals surface area contributed by atoms with Crippen LogP contribution in [0.5, 0.6) is 0 Å². The van der Waals surface area contributed by atoms with Gasteiger partial charge in [-0.3, -0.25) is 19.7 Å². The number of hydrogen-bond donors (Lipinski definition) is 2. The second-order valence-electron chi connectivity index (χ2n) is 4.45. The molecule has 1 aromatic carbocycles. The molecule has 0 aliphatic rings. The van der Waals surface area contributed by atoms with Gasteiger partial charge in [0.15, 0.2) is 0 Å². The Balaban J connectivity index is 1.97. The molecule has 0 atom stereocenters. The largest absolute Gasteiger partial charge is 0.467 e. The molecule has 23 heavy (non-hydrogen) atoms. The van der Waals surface area contributed by atoms with Gasteiger partial charge in [0.05, 0.1) is 28.4 Å². The molecule has 0 fully saturated rings. The maximum Gasteiger partial charge on any atom is 0.283 e. The predicted octanol–water partition coefficient (Wildman–Crippen LogP) is 1.70. The lowest BCUT2D eigenvalue weighted by atomic mass is 10.2. The van der Waals surface area contributed by atoms with Gasteiger partial charge in [-0.15, -0.1) is 11.8 Å². The van der Waals surface area contributed by atoms with E-state index in [9.17, 15) is 19.7 Å². The van der Waals surface area contributed by atoms with E-state index in [1.165, 1.54) is 18.4 Å². The number of rotatable bonds is 7. The van der Waals surface area contributed by atoms with Crippen molar-refractivity contribution in [2.24, 2.45) is 5.73 Å². The Morgan fingerprint density at radius 1 is 1.35 bits per heavy atom. The van der Waals surface area contributed by atoms with E-state index in [1.54, 1.807) is 12.1 Å². The fourth-order valence-electron chi connectivity index (χ4n) is 1.73. The maximum absolute atomic E-state index is 11.8. The monoisotopic (exact) mass is 335 g/mol. The highest BCUT2D eigenvalue weighted by molar-refractivity contribution is 8.00. The number of hydrogen-bond acceptors (Lipinski definition) is 6. The number of thioether (sulfide) groups is 1. The first-order valence-electron chi connectivity index (χ1n) is 6.47. The number of primary amides is 1. The van der Waals surface area contributed by atoms with Gasteiger partial charge < -0.3 is 15.5 Å². The number of carbonyl (C=O) groups is 2. The topological polar surface area (TPSA) is 128 Å². The van der Waals surface area contributed by atoms with E-state index in [-0.39, 0.29) is 34.4 Å². The van der Waals surface area contributed by atoms with Crippen LogP contribution in [0.4, 0.5) is 5.69 Å². The minimum absolute atomic E-state index is 0.00251. The molecule has 8 nitrogen and oxygen atoms in total. The molecule has 0 radical (unpaired) electrons. The highest BCUT2D eigenvalue weighted by Gasteiger charge is 2.18. The normalized spacial score (nSPS) is 10.3. The second-order valence-corrected chi connectivity index (χ2v) is 5.47. The molecule has 0 aliphatic heterocycles. The maximum atomic E-state index is 11.8. The fraction of sp³-hybridized carbons (Fsp3) is 0.143. The van der Waals surface area contributed by atoms with Crippen molar-refractivity contribution >= 4 is 29.3 Å². The highest BCUT2D eigenvalue weighted by Crippen LogP contribution is 2.29. The number of nitro benzene ring substituents is 1. The molecule has 2 rings (SSSR count). The Bertz CT molecular complexity index is 730. The average Bonchev–Trinajstić information content (AvgIpc) is 3.03. The Labute approximate surface area is 135 Å². The summed E-state index contributed by atoms with van der Waals surface area (Å²) in [6.45, 7) is 0.245. The van der Waals surface area contributed by atoms with Gasteiger partial charge in [-0.2, -0.15) is 0 Å². The molecule has 9 heteroatoms. The molecule has 2 amide bonds. The van der Waals surface area contributed by atoms with Crippen LogP contribution >= 0.6 is 11.8 Å². The Morgan fingerprint density at radius 3 is 2.74 bits per heavy atom. The highest BCUT2D eigenvalue weighted by atomic mass is 32.2. The molecule has 1 heterocycles. The summed E-state index contributed by atoms with van der Waals surface area (Å²) in [5, 5.41) is 13.7. The number of nitro groups is 1. The molecule has 0 unspecified atom stereocenters. The zero-order valence-corrected chi connectivity index (χ0v) is 12.7. The van der Waals surface area contributed by atoms with E-state index < -0.39 is 10.8 Å². The Hall–Kier alpha value is -2.81. The van der Waals surface area contributed by atoms with E-state index in [0.717, 1.165) is 17.8 Å². The number of nitrogens with zero attached hydrogens (tertiary/aromatic N) is 1. The Morgan fingerprint density at radius 2 is 2.13 bits per heavy atom. The lowest BCUT2D eigenvalue weighted by Gasteiger charge is -2.05. The molecular weight excluding hydrogens is 322 g/mol. The number of amides is 2. The van der Waals surface area contributed by atoms with Crippen LogP contribution in [0, 0.1) is 10.1 Å². The molecule has 1 aromatic heterocycles. The summed E-state index contributed by atoms with van der Waals surface area (Å²) in [6, 6.07) is 7.33. The molecule has 0 saturated carbocycles. The Kier molecular flexibility index (Phi) is 5.36. The molecule has 0 spiro atoms. The zero-order chi connectivity index (χ0) is 16.8. The third-order valence-corrected chi connectivity index (χ3v) is 3.90. The third-order valence-electron chi connectivity index (χ3n) is 2.84. The smallest absolute Gasteiger partial charge is 0.283 e. The van der Waals surface area contributed by atoms with Crippen LogP contribution < -0.4 is 11.1 Å². The van der Waals surface area contributed by atoms with Crippen molar-refractivity contribution in [3.05, 3.63) is 58.0 Å². The number of furan rings is 1. The molecule has 120 valence electrons. The van der Waals surface area contributed by atoms with Crippen molar-refractivity contribution in [1.29, 1.82) is 0 Å². The van der Waals surface area contributed by atoms with Crippen LogP contribution in [0.2, 0.25) is 0 Å². The van der Waals surface area contributed by atoms with Crippen LogP contribution in [0.3, 0.4) is 0 Å². The predicted molar refractivity (Wildman–Crippen MR) is 82.9 cm³/mol. The standard InChI is InChI=1S/C14H13N3O5S/c15-14(19)9-3-4-12(11(6-9)17(20)21)23-8-13(18)16-7-10-2-1-5-22-10/h1-6H,7-8H2,(H2,15,19)(H,16,18). The first-order valence-corrected chi connectivity index (χ1v) is 7.46. The van der Waals surface area contributed by atoms with E-state index in [0.29, 0.717) is 5.76 Å². The molecule has 3 N–H and O–H groups in total. The van der Waals surface area contributed by atoms with Crippen molar-refractivity contribution in [1.82, 2.24) is 5.32 Å². The second kappa shape index (κ2) is 7.45. The molecule has 2 aromatic rings. The summed E-state index contributed by atoms with van der Waals surface area (Å²) in [5.74, 6) is -0.432. The summed E-state index contributed by atoms with van der Waals surface area (Å²) in [6.07, 6.45) is 1.50. The van der Waals surface area contributed by atoms with Gasteiger partial charge in [0, 0.05) is 11.6 Å². The summed E-state index contributed by atoms with van der Waals surface area (Å²) in [5.41, 5.74) is 4.89. The molecular formula is C14H13N3O5S. The van der Waals surface area contributed by atoms with Crippen molar-refractivity contribution in [3.63, 3.8) is 0 Å². The van der Waals surface area contributed by atoms with Crippen LogP contribution in [0.15, 0.2) is 45.9 Å². The van der Waals surface area contributed by atoms with Gasteiger partial charge in [-0.25, -0.2) is 0 Å². The number of benzene rings is 1. The van der Waals surface area contributed by atoms with E-state index in [1.807, 2.05) is 0 Å². The first-order chi connectivity index (χ1) is 11.0. The molecule has 0 aliphatic carbocycles. The minimum atomic E-state index is -0.749. The van der Waals surface area contributed by atoms with Crippen LogP contribution in [0.25, 0.3) is 0 Å². The third kappa shape index (κ3) is 4.58. The number of nitrogens with two attached hydrogens (primary N) is 1. The van der Waals surface area contributed by atoms with E-state index >= 15 is 0 Å². The molecule has 0 bridgehead atoms. The van der Waals surface area contributed by atoms with Crippen molar-refractivity contribution in [2.45, 2.75) is 11.4 Å². The van der Waals surface area contributed by atoms with Crippen molar-refractivity contribution in [3.8, 4) is 0 Å². The van der Waals surface area contributed by atoms with Gasteiger partial charge in [0.1, 0.15) is 5.76 Å². The number of nitrogens with one attached hydrogen (secondary N) is 1. The first kappa shape index (κ1) is 16.6. The fourth-order valence-corrected chi connectivity index (χ4v) is 2.56. The lowest BCUT2D eigenvalue weighted by molar-refractivity contribution is -0.387. The van der Waals surface area contributed by atoms with E-state index in [4.69, 9.17) is 10.2 Å². The zero-order valence-electron chi connectivity index (χ0n) is 11.9. The quantitative estimate of drug-likeness (QED) is 0.450. The van der Waals surface area contributed by atoms with Crippen LogP contribution in [-0.4, -0.2) is 22.5 Å². The van der Waals surface area contributed by atoms with Crippen molar-refractivity contribution < 1.29 is 18.9 Å². The lowest BCUT2D eigenvalue weighted by Crippen LogP contribution is -2.24. The average molecular weight is 335 g/mol. The number of carbonyl (C=O) groups excluding carboxylic acids is 2. The summed E-state index contributed by atoms with van der Waals surface area (Å²) in [7, 11) is 0. The van der Waals surface area contributed by atoms with Gasteiger partial charge in [-0.1, -0.05) is 0 Å². The van der Waals surface area contributed by atoms with Crippen molar-refractivity contribution in [2.75, 3.05) is 5.75 Å². The van der Waals surface area contributed by atoms with Gasteiger partial charge in [0.2, 0.25) is 11.8 Å².